The van der Waals surface area contributed by atoms with Crippen LogP contribution < -0.4 is 0 Å². The van der Waals surface area contributed by atoms with Crippen molar-refractivity contribution in [3.63, 3.8) is 0 Å². The molecule has 142 valence electrons. The van der Waals surface area contributed by atoms with E-state index in [4.69, 9.17) is 19.3 Å². The molecule has 2 rings (SSSR count). The van der Waals surface area contributed by atoms with Crippen LogP contribution in [0.2, 0.25) is 0 Å². The molecule has 2 aliphatic heterocycles. The van der Waals surface area contributed by atoms with Gasteiger partial charge in [-0.2, -0.15) is 0 Å². The Labute approximate surface area is 137 Å². The Morgan fingerprint density at radius 3 is 1.96 bits per heavy atom. The highest BCUT2D eigenvalue weighted by molar-refractivity contribution is 4.99. The summed E-state index contributed by atoms with van der Waals surface area (Å²) in [5.41, 5.74) is -1.76. The molecule has 11 nitrogen and oxygen atoms in total. The van der Waals surface area contributed by atoms with Gasteiger partial charge in [0.05, 0.1) is 26.4 Å². The maximum Gasteiger partial charge on any atom is 0.184 e. The van der Waals surface area contributed by atoms with Crippen LogP contribution in [0.25, 0.3) is 0 Å². The zero-order chi connectivity index (χ0) is 18.1. The number of ether oxygens (including phenoxy) is 3. The van der Waals surface area contributed by atoms with E-state index in [1.807, 2.05) is 0 Å². The van der Waals surface area contributed by atoms with Crippen molar-refractivity contribution in [2.24, 2.45) is 0 Å². The lowest BCUT2D eigenvalue weighted by Gasteiger charge is -2.40. The smallest absolute Gasteiger partial charge is 0.184 e. The van der Waals surface area contributed by atoms with Crippen molar-refractivity contribution in [2.45, 2.75) is 54.6 Å². The number of aliphatic hydroxyl groups is 8. The first-order chi connectivity index (χ1) is 11.3. The fourth-order valence-electron chi connectivity index (χ4n) is 2.81. The summed E-state index contributed by atoms with van der Waals surface area (Å²) in [6.45, 7) is -2.11. The summed E-state index contributed by atoms with van der Waals surface area (Å²) in [5.74, 6) is 0. The lowest BCUT2D eigenvalue weighted by molar-refractivity contribution is -0.246. The Kier molecular flexibility index (Phi) is 6.50. The Hall–Kier alpha value is -0.440. The van der Waals surface area contributed by atoms with Crippen LogP contribution in [0.3, 0.4) is 0 Å². The zero-order valence-electron chi connectivity index (χ0n) is 12.7. The molecule has 2 heterocycles. The molecule has 24 heavy (non-hydrogen) atoms. The predicted octanol–water partition coefficient (Wildman–Crippen LogP) is -5.35. The Bertz CT molecular complexity index is 407. The van der Waals surface area contributed by atoms with Gasteiger partial charge >= 0.3 is 0 Å². The molecule has 0 aromatic carbocycles. The molecule has 2 aliphatic rings. The van der Waals surface area contributed by atoms with Gasteiger partial charge in [-0.15, -0.1) is 0 Å². The van der Waals surface area contributed by atoms with Crippen molar-refractivity contribution in [1.29, 1.82) is 0 Å². The van der Waals surface area contributed by atoms with Crippen molar-refractivity contribution in [2.75, 3.05) is 26.4 Å². The molecule has 0 aromatic rings. The molecule has 0 radical (unpaired) electrons. The molecule has 0 saturated carbocycles. The van der Waals surface area contributed by atoms with E-state index in [0.29, 0.717) is 0 Å². The Balaban J connectivity index is 1.93. The van der Waals surface area contributed by atoms with Crippen LogP contribution in [-0.4, -0.2) is 122 Å². The summed E-state index contributed by atoms with van der Waals surface area (Å²) in [7, 11) is 0. The zero-order valence-corrected chi connectivity index (χ0v) is 12.7. The summed E-state index contributed by atoms with van der Waals surface area (Å²) in [5, 5.41) is 76.5. The van der Waals surface area contributed by atoms with Crippen LogP contribution in [0.4, 0.5) is 0 Å². The highest BCUT2D eigenvalue weighted by Crippen LogP contribution is 2.31. The maximum absolute atomic E-state index is 9.86. The second kappa shape index (κ2) is 7.85. The average Bonchev–Trinajstić information content (AvgIpc) is 2.79. The summed E-state index contributed by atoms with van der Waals surface area (Å²) >= 11 is 0. The molecule has 8 N–H and O–H groups in total. The molecule has 11 heteroatoms. The highest BCUT2D eigenvalue weighted by atomic mass is 16.7. The minimum absolute atomic E-state index is 0.328. The molecule has 9 unspecified atom stereocenters. The lowest BCUT2D eigenvalue weighted by atomic mass is 9.95. The van der Waals surface area contributed by atoms with E-state index >= 15 is 0 Å². The van der Waals surface area contributed by atoms with Crippen molar-refractivity contribution < 1.29 is 55.1 Å². The minimum atomic E-state index is -1.76. The van der Waals surface area contributed by atoms with Crippen LogP contribution in [0, 0.1) is 0 Å². The second-order valence-electron chi connectivity index (χ2n) is 6.05. The van der Waals surface area contributed by atoms with Gasteiger partial charge < -0.3 is 55.1 Å². The summed E-state index contributed by atoms with van der Waals surface area (Å²) in [4.78, 5) is 0. The summed E-state index contributed by atoms with van der Waals surface area (Å²) in [6, 6.07) is 0. The van der Waals surface area contributed by atoms with Gasteiger partial charge in [0.1, 0.15) is 48.3 Å². The van der Waals surface area contributed by atoms with Gasteiger partial charge in [-0.05, 0) is 0 Å². The molecule has 0 spiro atoms. The maximum atomic E-state index is 9.86. The Morgan fingerprint density at radius 2 is 1.46 bits per heavy atom. The van der Waals surface area contributed by atoms with Crippen molar-refractivity contribution in [1.82, 2.24) is 0 Å². The fraction of sp³-hybridized carbons (Fsp3) is 1.00. The monoisotopic (exact) mass is 356 g/mol. The normalized spacial score (nSPS) is 49.5. The van der Waals surface area contributed by atoms with E-state index in [1.54, 1.807) is 0 Å². The topological polar surface area (TPSA) is 190 Å². The lowest BCUT2D eigenvalue weighted by Crippen LogP contribution is -2.60. The third-order valence-corrected chi connectivity index (χ3v) is 4.40. The van der Waals surface area contributed by atoms with E-state index in [0.717, 1.165) is 0 Å². The number of hydrogen-bond donors (Lipinski definition) is 8. The van der Waals surface area contributed by atoms with Gasteiger partial charge in [-0.1, -0.05) is 0 Å². The van der Waals surface area contributed by atoms with E-state index in [9.17, 15) is 35.7 Å². The molecule has 0 aromatic heterocycles. The Morgan fingerprint density at radius 1 is 0.833 bits per heavy atom. The molecule has 0 amide bonds. The largest absolute Gasteiger partial charge is 0.394 e. The average molecular weight is 356 g/mol. The SMILES string of the molecule is OCC1OC(COCC2(CO)OC(O)C(O)C2O)C(O)C(O)C1O. The van der Waals surface area contributed by atoms with Crippen LogP contribution in [0.1, 0.15) is 0 Å². The molecule has 9 atom stereocenters. The minimum Gasteiger partial charge on any atom is -0.394 e. The molecule has 0 bridgehead atoms. The van der Waals surface area contributed by atoms with Crippen molar-refractivity contribution in [3.8, 4) is 0 Å². The van der Waals surface area contributed by atoms with Gasteiger partial charge in [0.25, 0.3) is 0 Å². The quantitative estimate of drug-likeness (QED) is 0.227. The van der Waals surface area contributed by atoms with Gasteiger partial charge in [-0.25, -0.2) is 0 Å². The first-order valence-corrected chi connectivity index (χ1v) is 7.48. The molecular formula is C13H24O11. The second-order valence-corrected chi connectivity index (χ2v) is 6.05. The number of hydrogen-bond acceptors (Lipinski definition) is 11. The number of aliphatic hydroxyl groups excluding tert-OH is 8. The van der Waals surface area contributed by atoms with Gasteiger partial charge in [0.2, 0.25) is 0 Å². The number of rotatable bonds is 6. The molecule has 2 fully saturated rings. The third-order valence-electron chi connectivity index (χ3n) is 4.40. The van der Waals surface area contributed by atoms with Crippen LogP contribution >= 0.6 is 0 Å². The van der Waals surface area contributed by atoms with Crippen molar-refractivity contribution >= 4 is 0 Å². The molecule has 0 aliphatic carbocycles. The third kappa shape index (κ3) is 3.57. The summed E-state index contributed by atoms with van der Waals surface area (Å²) in [6.07, 6.45) is -11.6. The van der Waals surface area contributed by atoms with Crippen LogP contribution in [0.15, 0.2) is 0 Å². The first-order valence-electron chi connectivity index (χ1n) is 7.48. The summed E-state index contributed by atoms with van der Waals surface area (Å²) < 4.78 is 15.4. The molecule has 2 saturated heterocycles. The standard InChI is InChI=1S/C13H24O11/c14-1-5-7(16)9(18)8(17)6(23-5)2-22-4-13(3-15)11(20)10(19)12(21)24-13/h5-12,14-21H,1-4H2. The van der Waals surface area contributed by atoms with Crippen molar-refractivity contribution in [3.05, 3.63) is 0 Å². The van der Waals surface area contributed by atoms with E-state index in [-0.39, 0.29) is 6.61 Å². The van der Waals surface area contributed by atoms with Gasteiger partial charge in [0, 0.05) is 0 Å². The predicted molar refractivity (Wildman–Crippen MR) is 73.5 cm³/mol. The van der Waals surface area contributed by atoms with E-state index in [2.05, 4.69) is 0 Å². The fourth-order valence-corrected chi connectivity index (χ4v) is 2.81. The van der Waals surface area contributed by atoms with Crippen LogP contribution in [-0.2, 0) is 14.2 Å². The molecular weight excluding hydrogens is 332 g/mol. The van der Waals surface area contributed by atoms with E-state index in [1.165, 1.54) is 0 Å². The first kappa shape index (κ1) is 19.9. The van der Waals surface area contributed by atoms with Gasteiger partial charge in [-0.3, -0.25) is 0 Å². The van der Waals surface area contributed by atoms with Gasteiger partial charge in [0.15, 0.2) is 6.29 Å². The van der Waals surface area contributed by atoms with Crippen LogP contribution in [0.5, 0.6) is 0 Å². The highest BCUT2D eigenvalue weighted by Gasteiger charge is 2.54. The van der Waals surface area contributed by atoms with E-state index < -0.39 is 74.4 Å².